The van der Waals surface area contributed by atoms with E-state index in [9.17, 15) is 14.4 Å². The number of rotatable bonds is 6. The lowest BCUT2D eigenvalue weighted by Gasteiger charge is -2.23. The van der Waals surface area contributed by atoms with Gasteiger partial charge in [0, 0.05) is 24.6 Å². The average Bonchev–Trinajstić information content (AvgIpc) is 3.28. The molecule has 1 saturated carbocycles. The van der Waals surface area contributed by atoms with Crippen molar-refractivity contribution in [3.05, 3.63) is 28.8 Å². The average molecular weight is 380 g/mol. The van der Waals surface area contributed by atoms with Crippen LogP contribution in [0.3, 0.4) is 0 Å². The second-order valence-electron chi connectivity index (χ2n) is 6.77. The summed E-state index contributed by atoms with van der Waals surface area (Å²) in [6, 6.07) is 4.90. The van der Waals surface area contributed by atoms with Crippen molar-refractivity contribution in [1.82, 2.24) is 4.90 Å². The Labute approximate surface area is 157 Å². The van der Waals surface area contributed by atoms with E-state index in [1.54, 1.807) is 12.1 Å². The molecule has 3 rings (SSSR count). The van der Waals surface area contributed by atoms with Gasteiger partial charge in [0.05, 0.1) is 18.1 Å². The third kappa shape index (κ3) is 4.01. The Kier molecular flexibility index (Phi) is 5.81. The largest absolute Gasteiger partial charge is 0.495 e. The topological polar surface area (TPSA) is 72.9 Å². The number of Topliss-reactive ketones (excluding diaryl/α,β-unsaturated/α-hetero) is 1. The molecular formula is C19H22ClNO5. The minimum absolute atomic E-state index is 0.00659. The highest BCUT2D eigenvalue weighted by Gasteiger charge is 2.39. The van der Waals surface area contributed by atoms with Crippen LogP contribution in [-0.2, 0) is 14.3 Å². The Hall–Kier alpha value is -2.08. The van der Waals surface area contributed by atoms with Crippen LogP contribution in [0.2, 0.25) is 5.02 Å². The van der Waals surface area contributed by atoms with Crippen LogP contribution in [0, 0.1) is 5.92 Å². The van der Waals surface area contributed by atoms with Gasteiger partial charge in [-0.15, -0.1) is 0 Å². The molecule has 0 N–H and O–H groups in total. The smallest absolute Gasteiger partial charge is 0.311 e. The molecule has 140 valence electrons. The Balaban J connectivity index is 1.53. The van der Waals surface area contributed by atoms with Gasteiger partial charge in [0.25, 0.3) is 0 Å². The molecule has 1 aliphatic carbocycles. The third-order valence-corrected chi connectivity index (χ3v) is 5.37. The number of esters is 1. The van der Waals surface area contributed by atoms with E-state index in [1.807, 2.05) is 4.90 Å². The summed E-state index contributed by atoms with van der Waals surface area (Å²) >= 11 is 6.01. The minimum Gasteiger partial charge on any atom is -0.495 e. The van der Waals surface area contributed by atoms with Crippen molar-refractivity contribution < 1.29 is 23.9 Å². The summed E-state index contributed by atoms with van der Waals surface area (Å²) in [4.78, 5) is 38.4. The van der Waals surface area contributed by atoms with Crippen molar-refractivity contribution >= 4 is 29.3 Å². The number of nitrogens with zero attached hydrogens (tertiary/aromatic N) is 1. The Bertz CT molecular complexity index is 714. The lowest BCUT2D eigenvalue weighted by molar-refractivity contribution is -0.147. The van der Waals surface area contributed by atoms with Crippen LogP contribution in [-0.4, -0.2) is 48.9 Å². The van der Waals surface area contributed by atoms with Crippen molar-refractivity contribution in [3.8, 4) is 5.75 Å². The number of halogens is 1. The molecule has 2 aliphatic rings. The maximum atomic E-state index is 12.3. The highest BCUT2D eigenvalue weighted by Crippen LogP contribution is 2.30. The molecule has 0 bridgehead atoms. The van der Waals surface area contributed by atoms with Crippen LogP contribution >= 0.6 is 11.6 Å². The molecule has 7 heteroatoms. The number of methoxy groups -OCH3 is 1. The lowest BCUT2D eigenvalue weighted by Crippen LogP contribution is -2.35. The van der Waals surface area contributed by atoms with E-state index >= 15 is 0 Å². The van der Waals surface area contributed by atoms with Crippen LogP contribution in [0.25, 0.3) is 0 Å². The summed E-state index contributed by atoms with van der Waals surface area (Å²) < 4.78 is 10.2. The number of amides is 1. The molecule has 1 aliphatic heterocycles. The highest BCUT2D eigenvalue weighted by atomic mass is 35.5. The van der Waals surface area contributed by atoms with E-state index in [2.05, 4.69) is 0 Å². The molecule has 6 nitrogen and oxygen atoms in total. The van der Waals surface area contributed by atoms with E-state index in [1.165, 1.54) is 13.2 Å². The van der Waals surface area contributed by atoms with Gasteiger partial charge in [-0.2, -0.15) is 0 Å². The minimum atomic E-state index is -0.494. The Morgan fingerprint density at radius 3 is 2.65 bits per heavy atom. The molecule has 1 amide bonds. The van der Waals surface area contributed by atoms with E-state index in [0.717, 1.165) is 25.7 Å². The van der Waals surface area contributed by atoms with Gasteiger partial charge < -0.3 is 14.4 Å². The zero-order valence-electron chi connectivity index (χ0n) is 14.7. The maximum Gasteiger partial charge on any atom is 0.311 e. The summed E-state index contributed by atoms with van der Waals surface area (Å²) in [5.41, 5.74) is 0.346. The normalized spacial score (nSPS) is 20.5. The van der Waals surface area contributed by atoms with Crippen molar-refractivity contribution in [2.75, 3.05) is 20.3 Å². The van der Waals surface area contributed by atoms with Crippen LogP contribution < -0.4 is 4.74 Å². The van der Waals surface area contributed by atoms with Crippen LogP contribution in [0.4, 0.5) is 0 Å². The van der Waals surface area contributed by atoms with Gasteiger partial charge in [-0.3, -0.25) is 14.4 Å². The van der Waals surface area contributed by atoms with Gasteiger partial charge in [-0.25, -0.2) is 0 Å². The van der Waals surface area contributed by atoms with Crippen molar-refractivity contribution in [1.29, 1.82) is 0 Å². The molecule has 2 fully saturated rings. The summed E-state index contributed by atoms with van der Waals surface area (Å²) in [5, 5.41) is 0.318. The van der Waals surface area contributed by atoms with Gasteiger partial charge >= 0.3 is 5.97 Å². The fourth-order valence-corrected chi connectivity index (χ4v) is 3.89. The number of benzene rings is 1. The summed E-state index contributed by atoms with van der Waals surface area (Å²) in [6.45, 7) is 0.0283. The molecule has 0 spiro atoms. The fourth-order valence-electron chi connectivity index (χ4n) is 3.64. The van der Waals surface area contributed by atoms with Crippen LogP contribution in [0.1, 0.15) is 42.5 Å². The number of hydrogen-bond acceptors (Lipinski definition) is 5. The molecule has 1 aromatic rings. The van der Waals surface area contributed by atoms with Gasteiger partial charge in [0.2, 0.25) is 5.91 Å². The van der Waals surface area contributed by atoms with Crippen molar-refractivity contribution in [2.45, 2.75) is 38.1 Å². The molecule has 1 heterocycles. The molecule has 1 atom stereocenters. The molecule has 0 aromatic heterocycles. The van der Waals surface area contributed by atoms with Crippen molar-refractivity contribution in [2.24, 2.45) is 5.92 Å². The van der Waals surface area contributed by atoms with Gasteiger partial charge in [0.15, 0.2) is 12.4 Å². The maximum absolute atomic E-state index is 12.3. The zero-order valence-corrected chi connectivity index (χ0v) is 15.5. The first-order valence-corrected chi connectivity index (χ1v) is 9.20. The predicted octanol–water partition coefficient (Wildman–Crippen LogP) is 2.87. The molecular weight excluding hydrogens is 358 g/mol. The highest BCUT2D eigenvalue weighted by molar-refractivity contribution is 6.32. The quantitative estimate of drug-likeness (QED) is 0.561. The van der Waals surface area contributed by atoms with E-state index in [0.29, 0.717) is 22.9 Å². The van der Waals surface area contributed by atoms with Crippen LogP contribution in [0.5, 0.6) is 5.75 Å². The van der Waals surface area contributed by atoms with E-state index in [-0.39, 0.29) is 30.8 Å². The first-order chi connectivity index (χ1) is 12.5. The van der Waals surface area contributed by atoms with Gasteiger partial charge in [-0.05, 0) is 31.0 Å². The number of likely N-dealkylation sites (tertiary alicyclic amines) is 1. The van der Waals surface area contributed by atoms with E-state index in [4.69, 9.17) is 21.1 Å². The van der Waals surface area contributed by atoms with Gasteiger partial charge in [-0.1, -0.05) is 24.4 Å². The predicted molar refractivity (Wildman–Crippen MR) is 95.4 cm³/mol. The molecule has 1 saturated heterocycles. The van der Waals surface area contributed by atoms with E-state index < -0.39 is 11.9 Å². The fraction of sp³-hybridized carbons (Fsp3) is 0.526. The monoisotopic (exact) mass is 379 g/mol. The van der Waals surface area contributed by atoms with Crippen molar-refractivity contribution in [3.63, 3.8) is 0 Å². The second-order valence-corrected chi connectivity index (χ2v) is 7.17. The Morgan fingerprint density at radius 2 is 2.00 bits per heavy atom. The zero-order chi connectivity index (χ0) is 18.7. The molecule has 1 aromatic carbocycles. The summed E-state index contributed by atoms with van der Waals surface area (Å²) in [7, 11) is 1.49. The molecule has 26 heavy (non-hydrogen) atoms. The first kappa shape index (κ1) is 18.7. The number of carbonyl (C=O) groups excluding carboxylic acids is 3. The lowest BCUT2D eigenvalue weighted by atomic mass is 10.1. The number of hydrogen-bond donors (Lipinski definition) is 0. The number of ketones is 1. The number of carbonyl (C=O) groups is 3. The molecule has 0 radical (unpaired) electrons. The first-order valence-electron chi connectivity index (χ1n) is 8.82. The third-order valence-electron chi connectivity index (χ3n) is 5.08. The molecule has 0 unspecified atom stereocenters. The second kappa shape index (κ2) is 8.08. The standard InChI is InChI=1S/C19H22ClNO5/c1-25-17-7-6-12(8-15(17)20)16(22)11-26-19(24)13-9-18(23)21(10-13)14-4-2-3-5-14/h6-8,13-14H,2-5,9-11H2,1H3/t13-/m1/s1. The van der Waals surface area contributed by atoms with Crippen LogP contribution in [0.15, 0.2) is 18.2 Å². The number of ether oxygens (including phenoxy) is 2. The summed E-state index contributed by atoms with van der Waals surface area (Å²) in [6.07, 6.45) is 4.43. The van der Waals surface area contributed by atoms with Gasteiger partial charge in [0.1, 0.15) is 5.75 Å². The summed E-state index contributed by atoms with van der Waals surface area (Å²) in [5.74, 6) is -0.856. The Morgan fingerprint density at radius 1 is 1.27 bits per heavy atom. The SMILES string of the molecule is COc1ccc(C(=O)COC(=O)[C@@H]2CC(=O)N(C3CCCC3)C2)cc1Cl.